The van der Waals surface area contributed by atoms with Crippen LogP contribution >= 0.6 is 11.3 Å². The standard InChI is InChI=1S/C12H14N4O3S2/c1-15-4-8(3-13-15)11-14-10(5-20-11)12(17)16(2)9-6-21(18,19)7-9/h3-5,9H,6-7H2,1-2H3. The Morgan fingerprint density at radius 3 is 2.76 bits per heavy atom. The summed E-state index contributed by atoms with van der Waals surface area (Å²) < 4.78 is 24.1. The third-order valence-electron chi connectivity index (χ3n) is 3.44. The Hall–Kier alpha value is -1.74. The van der Waals surface area contributed by atoms with Crippen LogP contribution in [0.5, 0.6) is 0 Å². The summed E-state index contributed by atoms with van der Waals surface area (Å²) in [7, 11) is 0.480. The molecule has 1 aliphatic heterocycles. The summed E-state index contributed by atoms with van der Waals surface area (Å²) in [5.74, 6) is -0.176. The molecular weight excluding hydrogens is 312 g/mol. The minimum Gasteiger partial charge on any atom is -0.335 e. The Morgan fingerprint density at radius 2 is 2.19 bits per heavy atom. The summed E-state index contributed by atoms with van der Waals surface area (Å²) in [6, 6.07) is -0.244. The van der Waals surface area contributed by atoms with Gasteiger partial charge in [0.25, 0.3) is 5.91 Å². The lowest BCUT2D eigenvalue weighted by Crippen LogP contribution is -2.53. The number of thiazole rings is 1. The minimum atomic E-state index is -2.95. The quantitative estimate of drug-likeness (QED) is 0.816. The van der Waals surface area contributed by atoms with Crippen molar-refractivity contribution in [3.63, 3.8) is 0 Å². The van der Waals surface area contributed by atoms with E-state index in [4.69, 9.17) is 0 Å². The summed E-state index contributed by atoms with van der Waals surface area (Å²) in [6.45, 7) is 0. The first-order valence-corrected chi connectivity index (χ1v) is 8.98. The Balaban J connectivity index is 1.75. The zero-order valence-corrected chi connectivity index (χ0v) is 13.2. The summed E-state index contributed by atoms with van der Waals surface area (Å²) in [6.07, 6.45) is 3.52. The van der Waals surface area contributed by atoms with Crippen molar-refractivity contribution < 1.29 is 13.2 Å². The Labute approximate surface area is 126 Å². The normalized spacial score (nSPS) is 17.4. The zero-order valence-electron chi connectivity index (χ0n) is 11.6. The third kappa shape index (κ3) is 2.70. The molecular formula is C12H14N4O3S2. The lowest BCUT2D eigenvalue weighted by Gasteiger charge is -2.33. The van der Waals surface area contributed by atoms with Gasteiger partial charge in [-0.1, -0.05) is 0 Å². The number of aromatic nitrogens is 3. The van der Waals surface area contributed by atoms with Crippen molar-refractivity contribution in [2.45, 2.75) is 6.04 Å². The molecule has 0 bridgehead atoms. The number of amides is 1. The number of carbonyl (C=O) groups is 1. The number of rotatable bonds is 3. The molecule has 2 aromatic rings. The Kier molecular flexibility index (Phi) is 3.33. The first-order chi connectivity index (χ1) is 9.85. The molecule has 0 atom stereocenters. The molecule has 0 saturated carbocycles. The highest BCUT2D eigenvalue weighted by atomic mass is 32.2. The molecule has 0 unspecified atom stereocenters. The van der Waals surface area contributed by atoms with Crippen molar-refractivity contribution >= 4 is 27.1 Å². The van der Waals surface area contributed by atoms with Crippen LogP contribution in [-0.2, 0) is 16.9 Å². The second-order valence-electron chi connectivity index (χ2n) is 5.09. The van der Waals surface area contributed by atoms with Crippen LogP contribution < -0.4 is 0 Å². The molecule has 112 valence electrons. The van der Waals surface area contributed by atoms with E-state index >= 15 is 0 Å². The van der Waals surface area contributed by atoms with Crippen LogP contribution in [0.2, 0.25) is 0 Å². The van der Waals surface area contributed by atoms with Crippen molar-refractivity contribution in [2.75, 3.05) is 18.6 Å². The van der Waals surface area contributed by atoms with Gasteiger partial charge in [0.1, 0.15) is 10.7 Å². The maximum atomic E-state index is 12.3. The van der Waals surface area contributed by atoms with E-state index < -0.39 is 9.84 Å². The second kappa shape index (κ2) is 4.92. The maximum absolute atomic E-state index is 12.3. The molecule has 3 heterocycles. The predicted octanol–water partition coefficient (Wildman–Crippen LogP) is 0.413. The van der Waals surface area contributed by atoms with Gasteiger partial charge in [0, 0.05) is 31.2 Å². The van der Waals surface area contributed by atoms with Gasteiger partial charge in [-0.25, -0.2) is 13.4 Å². The molecule has 1 aliphatic rings. The second-order valence-corrected chi connectivity index (χ2v) is 8.10. The molecule has 3 rings (SSSR count). The molecule has 0 radical (unpaired) electrons. The molecule has 1 saturated heterocycles. The van der Waals surface area contributed by atoms with Crippen molar-refractivity contribution in [2.24, 2.45) is 7.05 Å². The molecule has 9 heteroatoms. The minimum absolute atomic E-state index is 0.0365. The SMILES string of the molecule is CN(C(=O)c1csc(-c2cnn(C)c2)n1)C1CS(=O)(=O)C1. The molecule has 7 nitrogen and oxygen atoms in total. The van der Waals surface area contributed by atoms with E-state index in [9.17, 15) is 13.2 Å². The van der Waals surface area contributed by atoms with Crippen LogP contribution in [0.25, 0.3) is 10.6 Å². The summed E-state index contributed by atoms with van der Waals surface area (Å²) in [5.41, 5.74) is 1.20. The van der Waals surface area contributed by atoms with E-state index in [2.05, 4.69) is 10.1 Å². The topological polar surface area (TPSA) is 85.2 Å². The first-order valence-electron chi connectivity index (χ1n) is 6.28. The van der Waals surface area contributed by atoms with Gasteiger partial charge in [0.2, 0.25) is 0 Å². The first kappa shape index (κ1) is 14.2. The zero-order chi connectivity index (χ0) is 15.2. The number of carbonyl (C=O) groups excluding carboxylic acids is 1. The van der Waals surface area contributed by atoms with Crippen LogP contribution in [-0.4, -0.2) is 58.6 Å². The average Bonchev–Trinajstić information content (AvgIpc) is 3.02. The Morgan fingerprint density at radius 1 is 1.48 bits per heavy atom. The van der Waals surface area contributed by atoms with Crippen molar-refractivity contribution in [3.05, 3.63) is 23.5 Å². The van der Waals surface area contributed by atoms with Gasteiger partial charge < -0.3 is 4.90 Å². The largest absolute Gasteiger partial charge is 0.335 e. The third-order valence-corrected chi connectivity index (χ3v) is 6.11. The van der Waals surface area contributed by atoms with Crippen molar-refractivity contribution in [1.82, 2.24) is 19.7 Å². The van der Waals surface area contributed by atoms with Gasteiger partial charge in [-0.2, -0.15) is 5.10 Å². The molecule has 0 aromatic carbocycles. The van der Waals surface area contributed by atoms with Gasteiger partial charge in [-0.05, 0) is 0 Å². The van der Waals surface area contributed by atoms with E-state index in [1.165, 1.54) is 16.2 Å². The highest BCUT2D eigenvalue weighted by molar-refractivity contribution is 7.92. The van der Waals surface area contributed by atoms with Crippen LogP contribution in [0.4, 0.5) is 0 Å². The number of sulfone groups is 1. The molecule has 2 aromatic heterocycles. The highest BCUT2D eigenvalue weighted by Gasteiger charge is 2.38. The van der Waals surface area contributed by atoms with Crippen LogP contribution in [0.3, 0.4) is 0 Å². The van der Waals surface area contributed by atoms with Gasteiger partial charge in [0.15, 0.2) is 9.84 Å². The van der Waals surface area contributed by atoms with Crippen molar-refractivity contribution in [1.29, 1.82) is 0 Å². The lowest BCUT2D eigenvalue weighted by atomic mass is 10.3. The fourth-order valence-electron chi connectivity index (χ4n) is 2.14. The van der Waals surface area contributed by atoms with Crippen LogP contribution in [0, 0.1) is 0 Å². The smallest absolute Gasteiger partial charge is 0.273 e. The van der Waals surface area contributed by atoms with Gasteiger partial charge >= 0.3 is 0 Å². The fourth-order valence-corrected chi connectivity index (χ4v) is 4.44. The van der Waals surface area contributed by atoms with Crippen molar-refractivity contribution in [3.8, 4) is 10.6 Å². The average molecular weight is 326 g/mol. The van der Waals surface area contributed by atoms with E-state index in [-0.39, 0.29) is 23.5 Å². The summed E-state index contributed by atoms with van der Waals surface area (Å²) >= 11 is 1.37. The van der Waals surface area contributed by atoms with Gasteiger partial charge in [-0.3, -0.25) is 9.48 Å². The lowest BCUT2D eigenvalue weighted by molar-refractivity contribution is 0.0745. The predicted molar refractivity (Wildman–Crippen MR) is 78.9 cm³/mol. The molecule has 0 aliphatic carbocycles. The molecule has 0 N–H and O–H groups in total. The number of aryl methyl sites for hydroxylation is 1. The molecule has 1 fully saturated rings. The van der Waals surface area contributed by atoms with E-state index in [1.54, 1.807) is 23.3 Å². The fraction of sp³-hybridized carbons (Fsp3) is 0.417. The van der Waals surface area contributed by atoms with E-state index in [1.807, 2.05) is 13.2 Å². The highest BCUT2D eigenvalue weighted by Crippen LogP contribution is 2.24. The Bertz CT molecular complexity index is 781. The summed E-state index contributed by atoms with van der Waals surface area (Å²) in [5, 5.41) is 6.48. The van der Waals surface area contributed by atoms with Gasteiger partial charge in [0.05, 0.1) is 23.7 Å². The van der Waals surface area contributed by atoms with E-state index in [0.29, 0.717) is 5.69 Å². The monoisotopic (exact) mass is 326 g/mol. The van der Waals surface area contributed by atoms with Crippen LogP contribution in [0.15, 0.2) is 17.8 Å². The number of nitrogens with zero attached hydrogens (tertiary/aromatic N) is 4. The molecule has 1 amide bonds. The number of hydrogen-bond acceptors (Lipinski definition) is 6. The summed E-state index contributed by atoms with van der Waals surface area (Å²) in [4.78, 5) is 18.1. The maximum Gasteiger partial charge on any atom is 0.273 e. The molecule has 21 heavy (non-hydrogen) atoms. The molecule has 0 spiro atoms. The van der Waals surface area contributed by atoms with Crippen LogP contribution in [0.1, 0.15) is 10.5 Å². The number of hydrogen-bond donors (Lipinski definition) is 0. The van der Waals surface area contributed by atoms with Gasteiger partial charge in [-0.15, -0.1) is 11.3 Å². The van der Waals surface area contributed by atoms with E-state index in [0.717, 1.165) is 10.6 Å².